The molecule has 1 N–H and O–H groups in total. The van der Waals surface area contributed by atoms with E-state index in [2.05, 4.69) is 4.99 Å². The minimum atomic E-state index is -0.492. The van der Waals surface area contributed by atoms with E-state index in [1.165, 1.54) is 31.5 Å². The number of benzene rings is 3. The maximum absolute atomic E-state index is 10.9. The Kier molecular flexibility index (Phi) is 4.11. The van der Waals surface area contributed by atoms with Gasteiger partial charge in [0.2, 0.25) is 0 Å². The molecule has 24 heavy (non-hydrogen) atoms. The van der Waals surface area contributed by atoms with Gasteiger partial charge in [0.25, 0.3) is 5.69 Å². The van der Waals surface area contributed by atoms with Crippen molar-refractivity contribution in [2.45, 2.75) is 0 Å². The molecule has 0 aliphatic rings. The van der Waals surface area contributed by atoms with E-state index in [4.69, 9.17) is 4.74 Å². The fraction of sp³-hybridized carbons (Fsp3) is 0.0556. The Morgan fingerprint density at radius 2 is 1.96 bits per heavy atom. The number of ether oxygens (including phenoxy) is 1. The third-order valence-electron chi connectivity index (χ3n) is 3.65. The summed E-state index contributed by atoms with van der Waals surface area (Å²) in [6.07, 6.45) is 1.49. The number of nitrogens with zero attached hydrogens (tertiary/aromatic N) is 2. The van der Waals surface area contributed by atoms with E-state index in [-0.39, 0.29) is 11.4 Å². The van der Waals surface area contributed by atoms with Crippen molar-refractivity contribution in [2.24, 2.45) is 4.99 Å². The number of fused-ring (bicyclic) bond motifs is 1. The van der Waals surface area contributed by atoms with Gasteiger partial charge in [-0.05, 0) is 22.9 Å². The lowest BCUT2D eigenvalue weighted by atomic mass is 10.0. The molecular formula is C18H14N2O4. The minimum Gasteiger partial charge on any atom is -0.507 e. The predicted molar refractivity (Wildman–Crippen MR) is 92.5 cm³/mol. The van der Waals surface area contributed by atoms with Gasteiger partial charge < -0.3 is 9.84 Å². The number of methoxy groups -OCH3 is 1. The highest BCUT2D eigenvalue weighted by Crippen LogP contribution is 2.32. The van der Waals surface area contributed by atoms with Crippen LogP contribution >= 0.6 is 0 Å². The number of phenolic OH excluding ortho intramolecular Hbond substituents is 1. The van der Waals surface area contributed by atoms with E-state index >= 15 is 0 Å². The third kappa shape index (κ3) is 2.89. The second-order valence-corrected chi connectivity index (χ2v) is 5.09. The number of rotatable bonds is 4. The zero-order valence-electron chi connectivity index (χ0n) is 12.8. The normalized spacial score (nSPS) is 11.0. The van der Waals surface area contributed by atoms with Crippen molar-refractivity contribution < 1.29 is 14.8 Å². The molecule has 6 nitrogen and oxygen atoms in total. The molecule has 3 aromatic carbocycles. The molecule has 0 heterocycles. The summed E-state index contributed by atoms with van der Waals surface area (Å²) in [5.74, 6) is 0.499. The highest BCUT2D eigenvalue weighted by atomic mass is 16.6. The van der Waals surface area contributed by atoms with E-state index in [0.29, 0.717) is 17.0 Å². The van der Waals surface area contributed by atoms with Gasteiger partial charge in [-0.2, -0.15) is 0 Å². The van der Waals surface area contributed by atoms with Crippen LogP contribution in [0.1, 0.15) is 5.56 Å². The van der Waals surface area contributed by atoms with E-state index < -0.39 is 4.92 Å². The van der Waals surface area contributed by atoms with Gasteiger partial charge in [-0.3, -0.25) is 15.1 Å². The molecule has 0 bridgehead atoms. The fourth-order valence-electron chi connectivity index (χ4n) is 2.45. The van der Waals surface area contributed by atoms with Crippen LogP contribution in [0.3, 0.4) is 0 Å². The summed E-state index contributed by atoms with van der Waals surface area (Å²) in [6.45, 7) is 0. The van der Waals surface area contributed by atoms with Crippen molar-refractivity contribution in [1.29, 1.82) is 0 Å². The van der Waals surface area contributed by atoms with Gasteiger partial charge in [0.1, 0.15) is 17.2 Å². The molecule has 0 saturated heterocycles. The molecule has 0 spiro atoms. The van der Waals surface area contributed by atoms with Crippen LogP contribution in [-0.2, 0) is 0 Å². The van der Waals surface area contributed by atoms with Crippen LogP contribution in [-0.4, -0.2) is 23.4 Å². The first-order valence-electron chi connectivity index (χ1n) is 7.17. The first-order chi connectivity index (χ1) is 11.6. The third-order valence-corrected chi connectivity index (χ3v) is 3.65. The Labute approximate surface area is 137 Å². The lowest BCUT2D eigenvalue weighted by Gasteiger charge is -2.06. The second-order valence-electron chi connectivity index (χ2n) is 5.09. The SMILES string of the molecule is COc1ccc([N+](=O)[O-])cc1N=Cc1c(O)ccc2ccccc12. The molecule has 3 aromatic rings. The molecule has 0 aliphatic carbocycles. The molecule has 0 unspecified atom stereocenters. The minimum absolute atomic E-state index is 0.0786. The molecule has 0 fully saturated rings. The fourth-order valence-corrected chi connectivity index (χ4v) is 2.45. The average Bonchev–Trinajstić information content (AvgIpc) is 2.60. The number of phenols is 1. The van der Waals surface area contributed by atoms with Gasteiger partial charge in [0, 0.05) is 23.9 Å². The molecule has 0 amide bonds. The van der Waals surface area contributed by atoms with E-state index in [0.717, 1.165) is 10.8 Å². The summed E-state index contributed by atoms with van der Waals surface area (Å²) >= 11 is 0. The molecule has 0 atom stereocenters. The lowest BCUT2D eigenvalue weighted by Crippen LogP contribution is -1.90. The second kappa shape index (κ2) is 6.37. The van der Waals surface area contributed by atoms with Crippen LogP contribution < -0.4 is 4.74 Å². The van der Waals surface area contributed by atoms with Gasteiger partial charge >= 0.3 is 0 Å². The van der Waals surface area contributed by atoms with Crippen LogP contribution in [0.4, 0.5) is 11.4 Å². The summed E-state index contributed by atoms with van der Waals surface area (Å²) in [5.41, 5.74) is 0.783. The molecule has 120 valence electrons. The van der Waals surface area contributed by atoms with Crippen LogP contribution in [0.2, 0.25) is 0 Å². The summed E-state index contributed by atoms with van der Waals surface area (Å²) in [6, 6.07) is 15.2. The number of aromatic hydroxyl groups is 1. The number of hydrogen-bond donors (Lipinski definition) is 1. The topological polar surface area (TPSA) is 85.0 Å². The van der Waals surface area contributed by atoms with Crippen molar-refractivity contribution in [3.05, 3.63) is 70.3 Å². The molecule has 0 aliphatic heterocycles. The van der Waals surface area contributed by atoms with Crippen LogP contribution in [0.5, 0.6) is 11.5 Å². The average molecular weight is 322 g/mol. The van der Waals surface area contributed by atoms with Gasteiger partial charge in [0.15, 0.2) is 0 Å². The van der Waals surface area contributed by atoms with Gasteiger partial charge in [-0.1, -0.05) is 30.3 Å². The van der Waals surface area contributed by atoms with Gasteiger partial charge in [0.05, 0.1) is 12.0 Å². The largest absolute Gasteiger partial charge is 0.507 e. The standard InChI is InChI=1S/C18H14N2O4/c1-24-18-9-7-13(20(22)23)10-16(18)19-11-15-14-5-3-2-4-12(14)6-8-17(15)21/h2-11,21H,1H3. The van der Waals surface area contributed by atoms with Gasteiger partial charge in [-0.25, -0.2) is 0 Å². The van der Waals surface area contributed by atoms with Crippen molar-refractivity contribution in [1.82, 2.24) is 0 Å². The first kappa shape index (κ1) is 15.5. The van der Waals surface area contributed by atoms with Crippen molar-refractivity contribution >= 4 is 28.4 Å². The van der Waals surface area contributed by atoms with Crippen molar-refractivity contribution in [3.8, 4) is 11.5 Å². The Bertz CT molecular complexity index is 951. The quantitative estimate of drug-likeness (QED) is 0.443. The summed E-state index contributed by atoms with van der Waals surface area (Å²) in [5, 5.41) is 22.9. The molecule has 0 radical (unpaired) electrons. The van der Waals surface area contributed by atoms with Crippen LogP contribution in [0.15, 0.2) is 59.6 Å². The number of nitro benzene ring substituents is 1. The molecule has 6 heteroatoms. The molecule has 3 rings (SSSR count). The maximum Gasteiger partial charge on any atom is 0.271 e. The van der Waals surface area contributed by atoms with Crippen molar-refractivity contribution in [3.63, 3.8) is 0 Å². The van der Waals surface area contributed by atoms with Crippen molar-refractivity contribution in [2.75, 3.05) is 7.11 Å². The Hall–Kier alpha value is -3.41. The zero-order chi connectivity index (χ0) is 17.1. The number of non-ortho nitro benzene ring substituents is 1. The number of aliphatic imine (C=N–C) groups is 1. The monoisotopic (exact) mass is 322 g/mol. The zero-order valence-corrected chi connectivity index (χ0v) is 12.8. The summed E-state index contributed by atoms with van der Waals surface area (Å²) < 4.78 is 5.19. The number of nitro groups is 1. The Morgan fingerprint density at radius 1 is 1.17 bits per heavy atom. The Morgan fingerprint density at radius 3 is 2.71 bits per heavy atom. The highest BCUT2D eigenvalue weighted by Gasteiger charge is 2.11. The van der Waals surface area contributed by atoms with E-state index in [1.54, 1.807) is 6.07 Å². The van der Waals surface area contributed by atoms with Crippen LogP contribution in [0, 0.1) is 10.1 Å². The summed E-state index contributed by atoms with van der Waals surface area (Å²) in [7, 11) is 1.47. The van der Waals surface area contributed by atoms with E-state index in [1.807, 2.05) is 30.3 Å². The number of hydrogen-bond acceptors (Lipinski definition) is 5. The van der Waals surface area contributed by atoms with Gasteiger partial charge in [-0.15, -0.1) is 0 Å². The molecular weight excluding hydrogens is 308 g/mol. The smallest absolute Gasteiger partial charge is 0.271 e. The van der Waals surface area contributed by atoms with E-state index in [9.17, 15) is 15.2 Å². The lowest BCUT2D eigenvalue weighted by molar-refractivity contribution is -0.384. The molecule has 0 aromatic heterocycles. The molecule has 0 saturated carbocycles. The summed E-state index contributed by atoms with van der Waals surface area (Å²) in [4.78, 5) is 14.7. The van der Waals surface area contributed by atoms with Crippen LogP contribution in [0.25, 0.3) is 10.8 Å². The first-order valence-corrected chi connectivity index (χ1v) is 7.17. The highest BCUT2D eigenvalue weighted by molar-refractivity contribution is 6.03. The predicted octanol–water partition coefficient (Wildman–Crippen LogP) is 4.21. The maximum atomic E-state index is 10.9. The Balaban J connectivity index is 2.10.